The molecule has 1 aromatic rings. The molecule has 1 aliphatic rings. The van der Waals surface area contributed by atoms with Gasteiger partial charge in [-0.2, -0.15) is 0 Å². The Hall–Kier alpha value is -2.17. The van der Waals surface area contributed by atoms with Crippen molar-refractivity contribution in [2.24, 2.45) is 10.7 Å². The van der Waals surface area contributed by atoms with E-state index in [2.05, 4.69) is 16.4 Å². The summed E-state index contributed by atoms with van der Waals surface area (Å²) in [6, 6.07) is 5.50. The average Bonchev–Trinajstić information content (AvgIpc) is 2.54. The Morgan fingerprint density at radius 3 is 2.81 bits per heavy atom. The molecule has 0 unspecified atom stereocenters. The molecule has 114 valence electrons. The molecule has 0 aromatic heterocycles. The summed E-state index contributed by atoms with van der Waals surface area (Å²) in [5, 5.41) is 3.07. The van der Waals surface area contributed by atoms with E-state index < -0.39 is 0 Å². The van der Waals surface area contributed by atoms with E-state index in [1.54, 1.807) is 14.2 Å². The monoisotopic (exact) mass is 289 g/mol. The van der Waals surface area contributed by atoms with Crippen LogP contribution in [0.3, 0.4) is 0 Å². The second kappa shape index (κ2) is 7.57. The fourth-order valence-corrected chi connectivity index (χ4v) is 2.32. The maximum absolute atomic E-state index is 5.95. The van der Waals surface area contributed by atoms with E-state index >= 15 is 0 Å². The maximum Gasteiger partial charge on any atom is 0.193 e. The van der Waals surface area contributed by atoms with Gasteiger partial charge in [-0.3, -0.25) is 0 Å². The van der Waals surface area contributed by atoms with Crippen molar-refractivity contribution >= 4 is 11.6 Å². The summed E-state index contributed by atoms with van der Waals surface area (Å²) in [4.78, 5) is 4.39. The number of anilines is 1. The summed E-state index contributed by atoms with van der Waals surface area (Å²) >= 11 is 0. The molecule has 0 heterocycles. The third-order valence-electron chi connectivity index (χ3n) is 3.51. The van der Waals surface area contributed by atoms with Gasteiger partial charge in [0, 0.05) is 6.07 Å². The molecule has 0 aliphatic heterocycles. The topological polar surface area (TPSA) is 68.9 Å². The summed E-state index contributed by atoms with van der Waals surface area (Å²) in [7, 11) is 3.24. The normalized spacial score (nSPS) is 15.3. The molecule has 0 spiro atoms. The molecule has 3 N–H and O–H groups in total. The average molecular weight is 289 g/mol. The second-order valence-electron chi connectivity index (χ2n) is 5.00. The number of nitrogens with zero attached hydrogens (tertiary/aromatic N) is 1. The van der Waals surface area contributed by atoms with Gasteiger partial charge in [0.1, 0.15) is 11.5 Å². The van der Waals surface area contributed by atoms with Gasteiger partial charge in [-0.15, -0.1) is 0 Å². The van der Waals surface area contributed by atoms with Gasteiger partial charge in [0.05, 0.1) is 26.5 Å². The standard InChI is InChI=1S/C16H23N3O2/c1-20-13-8-9-15(21-2)14(10-13)19-16(17)18-11-12-6-4-3-5-7-12/h6,8-10H,3-5,7,11H2,1-2H3,(H3,17,18,19). The molecule has 1 aliphatic carbocycles. The number of nitrogens with one attached hydrogen (secondary N) is 1. The highest BCUT2D eigenvalue weighted by Crippen LogP contribution is 2.28. The molecule has 0 bridgehead atoms. The number of benzene rings is 1. The Bertz CT molecular complexity index is 538. The number of nitrogens with two attached hydrogens (primary N) is 1. The third-order valence-corrected chi connectivity index (χ3v) is 3.51. The predicted octanol–water partition coefficient (Wildman–Crippen LogP) is 2.93. The predicted molar refractivity (Wildman–Crippen MR) is 86.2 cm³/mol. The fraction of sp³-hybridized carbons (Fsp3) is 0.438. The molecule has 0 saturated carbocycles. The van der Waals surface area contributed by atoms with E-state index in [1.165, 1.54) is 18.4 Å². The summed E-state index contributed by atoms with van der Waals surface area (Å²) in [5.41, 5.74) is 8.06. The zero-order valence-electron chi connectivity index (χ0n) is 12.7. The molecule has 0 saturated heterocycles. The lowest BCUT2D eigenvalue weighted by molar-refractivity contribution is 0.405. The first-order chi connectivity index (χ1) is 10.2. The molecule has 0 atom stereocenters. The van der Waals surface area contributed by atoms with Crippen LogP contribution in [0.4, 0.5) is 5.69 Å². The van der Waals surface area contributed by atoms with Gasteiger partial charge in [0.25, 0.3) is 0 Å². The van der Waals surface area contributed by atoms with Gasteiger partial charge in [-0.05, 0) is 37.8 Å². The molecule has 5 heteroatoms. The number of guanidine groups is 1. The molecule has 0 amide bonds. The van der Waals surface area contributed by atoms with E-state index in [0.717, 1.165) is 24.3 Å². The number of hydrogen-bond acceptors (Lipinski definition) is 3. The van der Waals surface area contributed by atoms with E-state index in [0.29, 0.717) is 18.3 Å². The third kappa shape index (κ3) is 4.41. The Morgan fingerprint density at radius 1 is 1.29 bits per heavy atom. The van der Waals surface area contributed by atoms with Crippen molar-refractivity contribution in [2.75, 3.05) is 26.1 Å². The Kier molecular flexibility index (Phi) is 5.49. The minimum atomic E-state index is 0.382. The lowest BCUT2D eigenvalue weighted by atomic mass is 10.00. The quantitative estimate of drug-likeness (QED) is 0.497. The molecule has 21 heavy (non-hydrogen) atoms. The molecule has 0 radical (unpaired) electrons. The van der Waals surface area contributed by atoms with Crippen molar-refractivity contribution in [2.45, 2.75) is 25.7 Å². The number of rotatable bonds is 5. The first-order valence-corrected chi connectivity index (χ1v) is 7.20. The highest BCUT2D eigenvalue weighted by molar-refractivity contribution is 5.94. The van der Waals surface area contributed by atoms with Crippen molar-refractivity contribution in [1.82, 2.24) is 0 Å². The number of methoxy groups -OCH3 is 2. The lowest BCUT2D eigenvalue weighted by Crippen LogP contribution is -2.23. The van der Waals surface area contributed by atoms with Gasteiger partial charge >= 0.3 is 0 Å². The van der Waals surface area contributed by atoms with Gasteiger partial charge in [0.2, 0.25) is 0 Å². The van der Waals surface area contributed by atoms with Crippen molar-refractivity contribution in [3.63, 3.8) is 0 Å². The van der Waals surface area contributed by atoms with Crippen LogP contribution in [0.15, 0.2) is 34.8 Å². The largest absolute Gasteiger partial charge is 0.497 e. The Morgan fingerprint density at radius 2 is 2.14 bits per heavy atom. The van der Waals surface area contributed by atoms with E-state index in [-0.39, 0.29) is 0 Å². The summed E-state index contributed by atoms with van der Waals surface area (Å²) in [6.07, 6.45) is 7.08. The fourth-order valence-electron chi connectivity index (χ4n) is 2.32. The zero-order chi connectivity index (χ0) is 15.1. The van der Waals surface area contributed by atoms with E-state index in [9.17, 15) is 0 Å². The molecule has 5 nitrogen and oxygen atoms in total. The highest BCUT2D eigenvalue weighted by atomic mass is 16.5. The SMILES string of the molecule is COc1ccc(OC)c(NC(N)=NCC2=CCCCC2)c1. The Labute approximate surface area is 125 Å². The summed E-state index contributed by atoms with van der Waals surface area (Å²) in [5.74, 6) is 1.82. The molecule has 1 aromatic carbocycles. The van der Waals surface area contributed by atoms with Crippen LogP contribution in [0.2, 0.25) is 0 Å². The van der Waals surface area contributed by atoms with Crippen molar-refractivity contribution in [3.8, 4) is 11.5 Å². The van der Waals surface area contributed by atoms with Crippen LogP contribution in [0, 0.1) is 0 Å². The maximum atomic E-state index is 5.95. The lowest BCUT2D eigenvalue weighted by Gasteiger charge is -2.13. The first kappa shape index (κ1) is 15.2. The van der Waals surface area contributed by atoms with Crippen molar-refractivity contribution in [3.05, 3.63) is 29.8 Å². The van der Waals surface area contributed by atoms with Crippen molar-refractivity contribution < 1.29 is 9.47 Å². The minimum absolute atomic E-state index is 0.382. The molecule has 0 fully saturated rings. The van der Waals surface area contributed by atoms with Crippen molar-refractivity contribution in [1.29, 1.82) is 0 Å². The van der Waals surface area contributed by atoms with Gasteiger partial charge < -0.3 is 20.5 Å². The smallest absolute Gasteiger partial charge is 0.193 e. The van der Waals surface area contributed by atoms with Crippen LogP contribution < -0.4 is 20.5 Å². The van der Waals surface area contributed by atoms with Crippen LogP contribution in [-0.4, -0.2) is 26.7 Å². The summed E-state index contributed by atoms with van der Waals surface area (Å²) in [6.45, 7) is 0.658. The Balaban J connectivity index is 2.03. The van der Waals surface area contributed by atoms with E-state index in [1.807, 2.05) is 18.2 Å². The first-order valence-electron chi connectivity index (χ1n) is 7.20. The van der Waals surface area contributed by atoms with Crippen LogP contribution >= 0.6 is 0 Å². The number of allylic oxidation sites excluding steroid dienone is 1. The van der Waals surface area contributed by atoms with Crippen LogP contribution in [0.5, 0.6) is 11.5 Å². The van der Waals surface area contributed by atoms with Gasteiger partial charge in [0.15, 0.2) is 5.96 Å². The summed E-state index contributed by atoms with van der Waals surface area (Å²) < 4.78 is 10.5. The molecular weight excluding hydrogens is 266 g/mol. The number of aliphatic imine (C=N–C) groups is 1. The molecular formula is C16H23N3O2. The van der Waals surface area contributed by atoms with Crippen LogP contribution in [0.25, 0.3) is 0 Å². The second-order valence-corrected chi connectivity index (χ2v) is 5.00. The molecule has 2 rings (SSSR count). The van der Waals surface area contributed by atoms with Gasteiger partial charge in [-0.1, -0.05) is 11.6 Å². The minimum Gasteiger partial charge on any atom is -0.497 e. The number of hydrogen-bond donors (Lipinski definition) is 2. The van der Waals surface area contributed by atoms with Crippen LogP contribution in [-0.2, 0) is 0 Å². The van der Waals surface area contributed by atoms with Gasteiger partial charge in [-0.25, -0.2) is 4.99 Å². The van der Waals surface area contributed by atoms with E-state index in [4.69, 9.17) is 15.2 Å². The van der Waals surface area contributed by atoms with Crippen LogP contribution in [0.1, 0.15) is 25.7 Å². The number of ether oxygens (including phenoxy) is 2. The zero-order valence-corrected chi connectivity index (χ0v) is 12.7. The highest BCUT2D eigenvalue weighted by Gasteiger charge is 2.07.